The minimum Gasteiger partial charge on any atom is -0.436 e. The fourth-order valence-electron chi connectivity index (χ4n) is 1.29. The van der Waals surface area contributed by atoms with E-state index in [1.807, 2.05) is 13.8 Å². The van der Waals surface area contributed by atoms with Crippen LogP contribution in [0.4, 0.5) is 4.39 Å². The largest absolute Gasteiger partial charge is 0.436 e. The van der Waals surface area contributed by atoms with Crippen LogP contribution < -0.4 is 4.74 Å². The Hall–Kier alpha value is -1.90. The Kier molecular flexibility index (Phi) is 2.86. The number of hydrogen-bond donors (Lipinski definition) is 0. The third kappa shape index (κ3) is 2.19. The van der Waals surface area contributed by atoms with E-state index in [4.69, 9.17) is 4.74 Å². The average molecular weight is 217 g/mol. The van der Waals surface area contributed by atoms with Crippen LogP contribution in [0.3, 0.4) is 0 Å². The Morgan fingerprint density at radius 3 is 2.56 bits per heavy atom. The fraction of sp³-hybridized carbons (Fsp3) is 0.154. The highest BCUT2D eigenvalue weighted by Crippen LogP contribution is 2.23. The van der Waals surface area contributed by atoms with Gasteiger partial charge in [0.1, 0.15) is 0 Å². The fourth-order valence-corrected chi connectivity index (χ4v) is 1.29. The SMILES string of the molecule is Cc1cnc(Oc2ccccc2F)cc1C. The Bertz CT molecular complexity index is 511. The lowest BCUT2D eigenvalue weighted by atomic mass is 10.2. The summed E-state index contributed by atoms with van der Waals surface area (Å²) < 4.78 is 18.7. The van der Waals surface area contributed by atoms with Gasteiger partial charge in [-0.05, 0) is 37.1 Å². The molecule has 0 unspecified atom stereocenters. The van der Waals surface area contributed by atoms with Crippen molar-refractivity contribution in [3.63, 3.8) is 0 Å². The highest BCUT2D eigenvalue weighted by molar-refractivity contribution is 5.32. The summed E-state index contributed by atoms with van der Waals surface area (Å²) in [6, 6.07) is 8.07. The number of halogens is 1. The Balaban J connectivity index is 2.28. The first-order chi connectivity index (χ1) is 7.66. The van der Waals surface area contributed by atoms with Crippen molar-refractivity contribution in [1.82, 2.24) is 4.98 Å². The van der Waals surface area contributed by atoms with Crippen molar-refractivity contribution in [2.45, 2.75) is 13.8 Å². The number of pyridine rings is 1. The summed E-state index contributed by atoms with van der Waals surface area (Å²) in [6.07, 6.45) is 1.71. The molecule has 0 atom stereocenters. The average Bonchev–Trinajstić information content (AvgIpc) is 2.27. The number of para-hydroxylation sites is 1. The lowest BCUT2D eigenvalue weighted by Gasteiger charge is -2.07. The van der Waals surface area contributed by atoms with E-state index >= 15 is 0 Å². The lowest BCUT2D eigenvalue weighted by Crippen LogP contribution is -1.92. The normalized spacial score (nSPS) is 10.2. The molecule has 0 amide bonds. The van der Waals surface area contributed by atoms with Crippen molar-refractivity contribution >= 4 is 0 Å². The van der Waals surface area contributed by atoms with Gasteiger partial charge in [0.05, 0.1) is 0 Å². The van der Waals surface area contributed by atoms with Crippen molar-refractivity contribution < 1.29 is 9.13 Å². The molecular weight excluding hydrogens is 205 g/mol. The molecule has 0 fully saturated rings. The van der Waals surface area contributed by atoms with Gasteiger partial charge in [-0.3, -0.25) is 0 Å². The number of hydrogen-bond acceptors (Lipinski definition) is 2. The van der Waals surface area contributed by atoms with Gasteiger partial charge in [-0.25, -0.2) is 9.37 Å². The molecule has 2 nitrogen and oxygen atoms in total. The monoisotopic (exact) mass is 217 g/mol. The van der Waals surface area contributed by atoms with Crippen LogP contribution >= 0.6 is 0 Å². The molecule has 0 N–H and O–H groups in total. The van der Waals surface area contributed by atoms with E-state index in [9.17, 15) is 4.39 Å². The van der Waals surface area contributed by atoms with Crippen LogP contribution in [0, 0.1) is 19.7 Å². The topological polar surface area (TPSA) is 22.1 Å². The van der Waals surface area contributed by atoms with Crippen molar-refractivity contribution in [2.75, 3.05) is 0 Å². The van der Waals surface area contributed by atoms with Crippen molar-refractivity contribution in [3.05, 3.63) is 53.5 Å². The number of rotatable bonds is 2. The standard InChI is InChI=1S/C13H12FNO/c1-9-7-13(15-8-10(9)2)16-12-6-4-3-5-11(12)14/h3-8H,1-2H3. The van der Waals surface area contributed by atoms with Gasteiger partial charge in [0.15, 0.2) is 11.6 Å². The van der Waals surface area contributed by atoms with E-state index in [2.05, 4.69) is 4.98 Å². The Labute approximate surface area is 93.7 Å². The predicted molar refractivity (Wildman–Crippen MR) is 60.2 cm³/mol. The van der Waals surface area contributed by atoms with Gasteiger partial charge < -0.3 is 4.74 Å². The maximum Gasteiger partial charge on any atom is 0.219 e. The third-order valence-corrected chi connectivity index (χ3v) is 2.40. The molecule has 82 valence electrons. The minimum atomic E-state index is -0.387. The molecule has 2 rings (SSSR count). The van der Waals surface area contributed by atoms with Gasteiger partial charge in [0, 0.05) is 12.3 Å². The van der Waals surface area contributed by atoms with Gasteiger partial charge in [0.25, 0.3) is 0 Å². The molecule has 1 aromatic carbocycles. The molecule has 0 aliphatic rings. The van der Waals surface area contributed by atoms with E-state index in [0.29, 0.717) is 5.88 Å². The summed E-state index contributed by atoms with van der Waals surface area (Å²) in [7, 11) is 0. The quantitative estimate of drug-likeness (QED) is 0.766. The maximum atomic E-state index is 13.3. The summed E-state index contributed by atoms with van der Waals surface area (Å²) in [6.45, 7) is 3.93. The summed E-state index contributed by atoms with van der Waals surface area (Å²) in [4.78, 5) is 4.09. The zero-order valence-electron chi connectivity index (χ0n) is 9.20. The Morgan fingerprint density at radius 2 is 1.88 bits per heavy atom. The Morgan fingerprint density at radius 1 is 1.12 bits per heavy atom. The second-order valence-corrected chi connectivity index (χ2v) is 3.64. The maximum absolute atomic E-state index is 13.3. The van der Waals surface area contributed by atoms with Crippen molar-refractivity contribution in [2.24, 2.45) is 0 Å². The zero-order chi connectivity index (χ0) is 11.5. The molecule has 0 aliphatic heterocycles. The van der Waals surface area contributed by atoms with Gasteiger partial charge in [-0.2, -0.15) is 0 Å². The van der Waals surface area contributed by atoms with E-state index in [1.54, 1.807) is 30.5 Å². The third-order valence-electron chi connectivity index (χ3n) is 2.40. The molecule has 3 heteroatoms. The number of benzene rings is 1. The number of aromatic nitrogens is 1. The van der Waals surface area contributed by atoms with Gasteiger partial charge in [-0.15, -0.1) is 0 Å². The van der Waals surface area contributed by atoms with Crippen LogP contribution in [0.15, 0.2) is 36.5 Å². The molecule has 1 aromatic heterocycles. The van der Waals surface area contributed by atoms with Crippen molar-refractivity contribution in [1.29, 1.82) is 0 Å². The molecule has 16 heavy (non-hydrogen) atoms. The first-order valence-corrected chi connectivity index (χ1v) is 5.02. The second-order valence-electron chi connectivity index (χ2n) is 3.64. The van der Waals surface area contributed by atoms with Gasteiger partial charge in [0.2, 0.25) is 5.88 Å². The summed E-state index contributed by atoms with van der Waals surface area (Å²) in [5.74, 6) is 0.217. The molecule has 0 saturated heterocycles. The van der Waals surface area contributed by atoms with Crippen LogP contribution in [0.2, 0.25) is 0 Å². The zero-order valence-corrected chi connectivity index (χ0v) is 9.20. The minimum absolute atomic E-state index is 0.193. The molecule has 0 radical (unpaired) electrons. The van der Waals surface area contributed by atoms with E-state index in [0.717, 1.165) is 11.1 Å². The highest BCUT2D eigenvalue weighted by atomic mass is 19.1. The van der Waals surface area contributed by atoms with Crippen LogP contribution in [-0.2, 0) is 0 Å². The van der Waals surface area contributed by atoms with E-state index in [-0.39, 0.29) is 11.6 Å². The van der Waals surface area contributed by atoms with Crippen LogP contribution in [-0.4, -0.2) is 4.98 Å². The summed E-state index contributed by atoms with van der Waals surface area (Å²) in [5, 5.41) is 0. The first kappa shape index (κ1) is 10.6. The molecule has 0 bridgehead atoms. The number of nitrogens with zero attached hydrogens (tertiary/aromatic N) is 1. The van der Waals surface area contributed by atoms with Crippen LogP contribution in [0.25, 0.3) is 0 Å². The first-order valence-electron chi connectivity index (χ1n) is 5.02. The van der Waals surface area contributed by atoms with Gasteiger partial charge in [-0.1, -0.05) is 12.1 Å². The molecular formula is C13H12FNO. The van der Waals surface area contributed by atoms with Crippen LogP contribution in [0.5, 0.6) is 11.6 Å². The summed E-state index contributed by atoms with van der Waals surface area (Å²) in [5.41, 5.74) is 2.15. The van der Waals surface area contributed by atoms with Gasteiger partial charge >= 0.3 is 0 Å². The highest BCUT2D eigenvalue weighted by Gasteiger charge is 2.04. The lowest BCUT2D eigenvalue weighted by molar-refractivity contribution is 0.427. The van der Waals surface area contributed by atoms with E-state index in [1.165, 1.54) is 6.07 Å². The second kappa shape index (κ2) is 4.31. The van der Waals surface area contributed by atoms with Crippen LogP contribution in [0.1, 0.15) is 11.1 Å². The summed E-state index contributed by atoms with van der Waals surface area (Å²) >= 11 is 0. The molecule has 1 heterocycles. The molecule has 0 spiro atoms. The smallest absolute Gasteiger partial charge is 0.219 e. The van der Waals surface area contributed by atoms with E-state index < -0.39 is 0 Å². The predicted octanol–water partition coefficient (Wildman–Crippen LogP) is 3.63. The number of aryl methyl sites for hydroxylation is 2. The van der Waals surface area contributed by atoms with Crippen molar-refractivity contribution in [3.8, 4) is 11.6 Å². The number of ether oxygens (including phenoxy) is 1. The molecule has 0 aliphatic carbocycles. The molecule has 2 aromatic rings. The molecule has 0 saturated carbocycles.